The van der Waals surface area contributed by atoms with E-state index in [0.29, 0.717) is 5.92 Å². The lowest BCUT2D eigenvalue weighted by molar-refractivity contribution is -0.121. The largest absolute Gasteiger partial charge is 0.443 e. The van der Waals surface area contributed by atoms with Crippen molar-refractivity contribution in [3.8, 4) is 0 Å². The van der Waals surface area contributed by atoms with Crippen LogP contribution in [0.4, 0.5) is 4.79 Å². The highest BCUT2D eigenvalue weighted by Gasteiger charge is 2.72. The highest BCUT2D eigenvalue weighted by molar-refractivity contribution is 5.68. The van der Waals surface area contributed by atoms with E-state index in [4.69, 9.17) is 18.9 Å². The molecule has 0 unspecified atom stereocenters. The van der Waals surface area contributed by atoms with E-state index in [9.17, 15) is 4.79 Å². The third kappa shape index (κ3) is 5.32. The molecule has 4 aliphatic rings. The Labute approximate surface area is 206 Å². The summed E-state index contributed by atoms with van der Waals surface area (Å²) >= 11 is 0. The molecule has 0 aromatic heterocycles. The van der Waals surface area contributed by atoms with E-state index < -0.39 is 0 Å². The Bertz CT molecular complexity index is 745. The first-order chi connectivity index (χ1) is 16.3. The van der Waals surface area contributed by atoms with Gasteiger partial charge >= 0.3 is 6.09 Å². The maximum absolute atomic E-state index is 13.1. The monoisotopic (exact) mass is 478 g/mol. The first-order valence-corrected chi connectivity index (χ1v) is 13.4. The summed E-state index contributed by atoms with van der Waals surface area (Å²) in [5.74, 6) is 0.621. The molecule has 0 aromatic carbocycles. The highest BCUT2D eigenvalue weighted by Crippen LogP contribution is 2.59. The Morgan fingerprint density at radius 1 is 1.24 bits per heavy atom. The van der Waals surface area contributed by atoms with Gasteiger partial charge in [0.2, 0.25) is 0 Å². The van der Waals surface area contributed by atoms with Crippen LogP contribution >= 0.6 is 0 Å². The van der Waals surface area contributed by atoms with Crippen molar-refractivity contribution in [2.24, 2.45) is 11.8 Å². The van der Waals surface area contributed by atoms with Gasteiger partial charge in [0.05, 0.1) is 18.6 Å². The van der Waals surface area contributed by atoms with Crippen LogP contribution in [0.5, 0.6) is 0 Å². The molecule has 0 aromatic rings. The van der Waals surface area contributed by atoms with Gasteiger partial charge in [-0.15, -0.1) is 0 Å². The minimum Gasteiger partial charge on any atom is -0.443 e. The van der Waals surface area contributed by atoms with Crippen molar-refractivity contribution in [3.05, 3.63) is 11.6 Å². The zero-order chi connectivity index (χ0) is 24.5. The lowest BCUT2D eigenvalue weighted by Gasteiger charge is -2.43. The van der Waals surface area contributed by atoms with Crippen LogP contribution in [0.3, 0.4) is 0 Å². The zero-order valence-corrected chi connectivity index (χ0v) is 22.2. The van der Waals surface area contributed by atoms with Gasteiger partial charge in [-0.1, -0.05) is 25.5 Å². The summed E-state index contributed by atoms with van der Waals surface area (Å²) in [6.45, 7) is 16.4. The Balaban J connectivity index is 1.35. The Morgan fingerprint density at radius 2 is 1.97 bits per heavy atom. The molecule has 3 aliphatic heterocycles. The fraction of sp³-hybridized carbons (Fsp3) is 0.889. The van der Waals surface area contributed by atoms with E-state index in [1.54, 1.807) is 7.11 Å². The summed E-state index contributed by atoms with van der Waals surface area (Å²) in [7, 11) is 1.73. The van der Waals surface area contributed by atoms with Crippen LogP contribution in [0.2, 0.25) is 0 Å². The number of carbonyl (C=O) groups is 1. The van der Waals surface area contributed by atoms with Gasteiger partial charge in [0.15, 0.2) is 0 Å². The van der Waals surface area contributed by atoms with E-state index >= 15 is 0 Å². The van der Waals surface area contributed by atoms with Crippen molar-refractivity contribution >= 4 is 6.09 Å². The number of hydrogen-bond donors (Lipinski definition) is 0. The molecular formula is C27H46N2O5. The standard InChI is InChI=1S/C27H46N2O5/c1-7-28(8-2)15-12-20-13-16-29(17-20)25(30)33-21-11-14-27(18-32-27)24(23(21)31-6)26(5)22(34-26)10-9-19(3)4/h9,20-24H,7-8,10-18H2,1-6H3/t20-,21+,22+,23+,24+,26-,27-/m0/s1. The topological polar surface area (TPSA) is 67.1 Å². The summed E-state index contributed by atoms with van der Waals surface area (Å²) in [6.07, 6.45) is 6.48. The van der Waals surface area contributed by atoms with E-state index in [2.05, 4.69) is 45.6 Å². The van der Waals surface area contributed by atoms with Crippen molar-refractivity contribution in [3.63, 3.8) is 0 Å². The fourth-order valence-electron chi connectivity index (χ4n) is 6.41. The molecule has 1 aliphatic carbocycles. The van der Waals surface area contributed by atoms with Crippen LogP contribution in [-0.2, 0) is 18.9 Å². The molecule has 1 amide bonds. The van der Waals surface area contributed by atoms with Crippen molar-refractivity contribution in [1.29, 1.82) is 0 Å². The van der Waals surface area contributed by atoms with Gasteiger partial charge in [-0.25, -0.2) is 4.79 Å². The van der Waals surface area contributed by atoms with Crippen LogP contribution in [-0.4, -0.2) is 91.8 Å². The first kappa shape index (κ1) is 25.9. The van der Waals surface area contributed by atoms with Crippen molar-refractivity contribution in [2.45, 2.75) is 96.2 Å². The van der Waals surface area contributed by atoms with Gasteiger partial charge in [0.25, 0.3) is 0 Å². The summed E-state index contributed by atoms with van der Waals surface area (Å²) in [4.78, 5) is 17.5. The van der Waals surface area contributed by atoms with Gasteiger partial charge in [-0.05, 0) is 78.4 Å². The van der Waals surface area contributed by atoms with Gasteiger partial charge in [0.1, 0.15) is 23.4 Å². The van der Waals surface area contributed by atoms with Crippen LogP contribution in [0.15, 0.2) is 11.6 Å². The lowest BCUT2D eigenvalue weighted by Crippen LogP contribution is -2.56. The smallest absolute Gasteiger partial charge is 0.410 e. The number of amides is 1. The van der Waals surface area contributed by atoms with Gasteiger partial charge < -0.3 is 28.7 Å². The summed E-state index contributed by atoms with van der Waals surface area (Å²) in [5.41, 5.74) is 0.800. The van der Waals surface area contributed by atoms with E-state index in [1.807, 2.05) is 4.90 Å². The number of ether oxygens (including phenoxy) is 4. The molecule has 194 valence electrons. The molecule has 1 spiro atoms. The molecule has 4 rings (SSSR count). The number of likely N-dealkylation sites (tertiary alicyclic amines) is 1. The molecule has 0 bridgehead atoms. The maximum atomic E-state index is 13.1. The third-order valence-electron chi connectivity index (χ3n) is 8.78. The first-order valence-electron chi connectivity index (χ1n) is 13.4. The van der Waals surface area contributed by atoms with Crippen LogP contribution < -0.4 is 0 Å². The summed E-state index contributed by atoms with van der Waals surface area (Å²) in [6, 6.07) is 0. The molecule has 7 heteroatoms. The number of rotatable bonds is 10. The molecule has 3 saturated heterocycles. The van der Waals surface area contributed by atoms with E-state index in [-0.39, 0.29) is 41.5 Å². The van der Waals surface area contributed by atoms with Gasteiger partial charge in [-0.3, -0.25) is 0 Å². The van der Waals surface area contributed by atoms with Crippen molar-refractivity contribution < 1.29 is 23.7 Å². The fourth-order valence-corrected chi connectivity index (χ4v) is 6.41. The Kier molecular flexibility index (Phi) is 7.97. The minimum absolute atomic E-state index is 0.0625. The lowest BCUT2D eigenvalue weighted by atomic mass is 9.68. The zero-order valence-electron chi connectivity index (χ0n) is 22.2. The van der Waals surface area contributed by atoms with Crippen LogP contribution in [0, 0.1) is 11.8 Å². The van der Waals surface area contributed by atoms with Crippen molar-refractivity contribution in [1.82, 2.24) is 9.80 Å². The maximum Gasteiger partial charge on any atom is 0.410 e. The van der Waals surface area contributed by atoms with Gasteiger partial charge in [0, 0.05) is 20.2 Å². The quantitative estimate of drug-likeness (QED) is 0.345. The summed E-state index contributed by atoms with van der Waals surface area (Å²) < 4.78 is 24.5. The molecule has 0 N–H and O–H groups in total. The summed E-state index contributed by atoms with van der Waals surface area (Å²) in [5, 5.41) is 0. The second-order valence-corrected chi connectivity index (χ2v) is 11.2. The van der Waals surface area contributed by atoms with Crippen LogP contribution in [0.25, 0.3) is 0 Å². The van der Waals surface area contributed by atoms with Crippen molar-refractivity contribution in [2.75, 3.05) is 46.4 Å². The third-order valence-corrected chi connectivity index (χ3v) is 8.78. The minimum atomic E-state index is -0.308. The molecule has 34 heavy (non-hydrogen) atoms. The average Bonchev–Trinajstić information content (AvgIpc) is 3.67. The van der Waals surface area contributed by atoms with E-state index in [1.165, 1.54) is 5.57 Å². The van der Waals surface area contributed by atoms with Crippen LogP contribution in [0.1, 0.15) is 66.7 Å². The Hall–Kier alpha value is -1.15. The SMILES string of the molecule is CCN(CC)CC[C@H]1CCN(C(=O)O[C@@H]2CC[C@]3(CO3)[C@@H]([C@@]3(C)O[C@@H]3CC=C(C)C)[C@@H]2OC)C1. The number of methoxy groups -OCH3 is 1. The Morgan fingerprint density at radius 3 is 2.59 bits per heavy atom. The molecule has 1 saturated carbocycles. The molecule has 7 nitrogen and oxygen atoms in total. The molecule has 3 heterocycles. The van der Waals surface area contributed by atoms with Gasteiger partial charge in [-0.2, -0.15) is 0 Å². The second-order valence-electron chi connectivity index (χ2n) is 11.2. The number of epoxide rings is 2. The predicted octanol–water partition coefficient (Wildman–Crippen LogP) is 4.25. The van der Waals surface area contributed by atoms with E-state index in [0.717, 1.165) is 71.4 Å². The number of allylic oxidation sites excluding steroid dienone is 1. The molecule has 7 atom stereocenters. The molecular weight excluding hydrogens is 432 g/mol. The molecule has 4 fully saturated rings. The molecule has 0 radical (unpaired) electrons. The highest BCUT2D eigenvalue weighted by atomic mass is 16.6. The number of carbonyl (C=O) groups excluding carboxylic acids is 1. The predicted molar refractivity (Wildman–Crippen MR) is 132 cm³/mol. The average molecular weight is 479 g/mol. The number of nitrogens with zero attached hydrogens (tertiary/aromatic N) is 2. The normalized spacial score (nSPS) is 38.9. The second kappa shape index (κ2) is 10.5. The number of hydrogen-bond acceptors (Lipinski definition) is 6.